The van der Waals surface area contributed by atoms with Crippen molar-refractivity contribution in [3.8, 4) is 22.8 Å². The molecule has 6 nitrogen and oxygen atoms in total. The van der Waals surface area contributed by atoms with Crippen LogP contribution in [-0.2, 0) is 6.42 Å². The molecule has 2 N–H and O–H groups in total. The molecule has 0 aliphatic carbocycles. The summed E-state index contributed by atoms with van der Waals surface area (Å²) < 4.78 is 10.7. The molecule has 3 rings (SSSR count). The average molecular weight is 351 g/mol. The smallest absolute Gasteiger partial charge is 0.255 e. The van der Waals surface area contributed by atoms with Crippen molar-refractivity contribution < 1.29 is 14.3 Å². The molecule has 0 saturated heterocycles. The summed E-state index contributed by atoms with van der Waals surface area (Å²) in [5, 5.41) is 10.4. The maximum Gasteiger partial charge on any atom is 0.255 e. The molecule has 6 heteroatoms. The van der Waals surface area contributed by atoms with Gasteiger partial charge in [0.05, 0.1) is 25.6 Å². The van der Waals surface area contributed by atoms with E-state index in [0.29, 0.717) is 34.9 Å². The summed E-state index contributed by atoms with van der Waals surface area (Å²) >= 11 is 0. The summed E-state index contributed by atoms with van der Waals surface area (Å²) in [5.74, 6) is 1.06. The van der Waals surface area contributed by atoms with Crippen LogP contribution < -0.4 is 14.8 Å². The summed E-state index contributed by atoms with van der Waals surface area (Å²) in [6.07, 6.45) is 0.713. The van der Waals surface area contributed by atoms with Crippen LogP contribution >= 0.6 is 0 Å². The predicted octanol–water partition coefficient (Wildman–Crippen LogP) is 3.91. The van der Waals surface area contributed by atoms with Crippen molar-refractivity contribution in [2.45, 2.75) is 13.3 Å². The van der Waals surface area contributed by atoms with Gasteiger partial charge in [0.25, 0.3) is 5.91 Å². The van der Waals surface area contributed by atoms with Crippen LogP contribution in [-0.4, -0.2) is 30.3 Å². The first kappa shape index (κ1) is 17.5. The second-order valence-electron chi connectivity index (χ2n) is 5.67. The standard InChI is InChI=1S/C20H21N3O3/c1-4-15-19(21-20(24)13-8-6-5-7-9-13)18(23-22-15)14-10-11-16(25-2)17(12-14)26-3/h5-12H,4H2,1-3H3,(H,21,24)(H,22,23). The van der Waals surface area contributed by atoms with Crippen LogP contribution in [0.15, 0.2) is 48.5 Å². The number of nitrogens with one attached hydrogen (secondary N) is 2. The molecule has 134 valence electrons. The van der Waals surface area contributed by atoms with Crippen LogP contribution in [0.2, 0.25) is 0 Å². The van der Waals surface area contributed by atoms with E-state index in [4.69, 9.17) is 9.47 Å². The summed E-state index contributed by atoms with van der Waals surface area (Å²) in [7, 11) is 3.18. The van der Waals surface area contributed by atoms with E-state index in [2.05, 4.69) is 15.5 Å². The van der Waals surface area contributed by atoms with E-state index >= 15 is 0 Å². The zero-order valence-electron chi connectivity index (χ0n) is 15.0. The van der Waals surface area contributed by atoms with Gasteiger partial charge in [-0.15, -0.1) is 0 Å². The number of methoxy groups -OCH3 is 2. The Kier molecular flexibility index (Phi) is 5.22. The first-order valence-electron chi connectivity index (χ1n) is 8.34. The normalized spacial score (nSPS) is 10.4. The lowest BCUT2D eigenvalue weighted by Gasteiger charge is -2.11. The zero-order valence-corrected chi connectivity index (χ0v) is 15.0. The van der Waals surface area contributed by atoms with E-state index in [1.807, 2.05) is 43.3 Å². The molecule has 0 aliphatic rings. The first-order chi connectivity index (χ1) is 12.7. The van der Waals surface area contributed by atoms with E-state index in [0.717, 1.165) is 11.3 Å². The lowest BCUT2D eigenvalue weighted by Crippen LogP contribution is -2.13. The summed E-state index contributed by atoms with van der Waals surface area (Å²) in [4.78, 5) is 12.6. The number of aromatic nitrogens is 2. The number of aryl methyl sites for hydroxylation is 1. The van der Waals surface area contributed by atoms with Gasteiger partial charge in [-0.3, -0.25) is 9.89 Å². The molecule has 2 aromatic carbocycles. The third-order valence-corrected chi connectivity index (χ3v) is 4.13. The Hall–Kier alpha value is -3.28. The Bertz CT molecular complexity index is 904. The van der Waals surface area contributed by atoms with Gasteiger partial charge in [0.1, 0.15) is 5.69 Å². The Morgan fingerprint density at radius 3 is 2.46 bits per heavy atom. The fraction of sp³-hybridized carbons (Fsp3) is 0.200. The molecular formula is C20H21N3O3. The first-order valence-corrected chi connectivity index (χ1v) is 8.34. The molecule has 26 heavy (non-hydrogen) atoms. The molecule has 3 aromatic rings. The fourth-order valence-corrected chi connectivity index (χ4v) is 2.74. The van der Waals surface area contributed by atoms with E-state index in [1.165, 1.54) is 0 Å². The SMILES string of the molecule is CCc1[nH]nc(-c2ccc(OC)c(OC)c2)c1NC(=O)c1ccccc1. The minimum Gasteiger partial charge on any atom is -0.493 e. The number of carbonyl (C=O) groups excluding carboxylic acids is 1. The predicted molar refractivity (Wildman–Crippen MR) is 101 cm³/mol. The second-order valence-corrected chi connectivity index (χ2v) is 5.67. The van der Waals surface area contributed by atoms with Gasteiger partial charge < -0.3 is 14.8 Å². The minimum atomic E-state index is -0.177. The van der Waals surface area contributed by atoms with Crippen LogP contribution in [0.5, 0.6) is 11.5 Å². The minimum absolute atomic E-state index is 0.177. The number of ether oxygens (including phenoxy) is 2. The number of amides is 1. The zero-order chi connectivity index (χ0) is 18.5. The van der Waals surface area contributed by atoms with Crippen LogP contribution in [0.25, 0.3) is 11.3 Å². The Labute approximate surface area is 152 Å². The van der Waals surface area contributed by atoms with Crippen molar-refractivity contribution in [3.63, 3.8) is 0 Å². The molecule has 1 aromatic heterocycles. The van der Waals surface area contributed by atoms with Crippen LogP contribution in [0, 0.1) is 0 Å². The lowest BCUT2D eigenvalue weighted by molar-refractivity contribution is 0.102. The number of nitrogens with zero attached hydrogens (tertiary/aromatic N) is 1. The van der Waals surface area contributed by atoms with E-state index in [-0.39, 0.29) is 5.91 Å². The highest BCUT2D eigenvalue weighted by molar-refractivity contribution is 6.06. The monoisotopic (exact) mass is 351 g/mol. The molecule has 0 atom stereocenters. The third-order valence-electron chi connectivity index (χ3n) is 4.13. The average Bonchev–Trinajstić information content (AvgIpc) is 3.10. The Morgan fingerprint density at radius 1 is 1.08 bits per heavy atom. The largest absolute Gasteiger partial charge is 0.493 e. The topological polar surface area (TPSA) is 76.2 Å². The maximum absolute atomic E-state index is 12.6. The molecule has 0 saturated carbocycles. The van der Waals surface area contributed by atoms with Gasteiger partial charge in [0, 0.05) is 11.1 Å². The Balaban J connectivity index is 1.99. The van der Waals surface area contributed by atoms with Gasteiger partial charge in [-0.2, -0.15) is 5.10 Å². The highest BCUT2D eigenvalue weighted by Gasteiger charge is 2.18. The van der Waals surface area contributed by atoms with Crippen LogP contribution in [0.1, 0.15) is 23.0 Å². The quantitative estimate of drug-likeness (QED) is 0.706. The third kappa shape index (κ3) is 3.39. The molecule has 0 bridgehead atoms. The highest BCUT2D eigenvalue weighted by Crippen LogP contribution is 2.35. The van der Waals surface area contributed by atoms with Crippen molar-refractivity contribution in [1.29, 1.82) is 0 Å². The van der Waals surface area contributed by atoms with Crippen molar-refractivity contribution in [1.82, 2.24) is 10.2 Å². The lowest BCUT2D eigenvalue weighted by atomic mass is 10.1. The molecule has 0 aliphatic heterocycles. The number of aromatic amines is 1. The summed E-state index contributed by atoms with van der Waals surface area (Å²) in [6, 6.07) is 14.6. The highest BCUT2D eigenvalue weighted by atomic mass is 16.5. The number of carbonyl (C=O) groups is 1. The summed E-state index contributed by atoms with van der Waals surface area (Å²) in [5.41, 5.74) is 3.61. The van der Waals surface area contributed by atoms with Gasteiger partial charge in [-0.1, -0.05) is 25.1 Å². The van der Waals surface area contributed by atoms with Crippen molar-refractivity contribution in [2.75, 3.05) is 19.5 Å². The molecule has 0 unspecified atom stereocenters. The van der Waals surface area contributed by atoms with E-state index < -0.39 is 0 Å². The molecule has 0 fully saturated rings. The molecule has 0 spiro atoms. The Morgan fingerprint density at radius 2 is 1.81 bits per heavy atom. The second kappa shape index (κ2) is 7.74. The number of hydrogen-bond acceptors (Lipinski definition) is 4. The number of hydrogen-bond donors (Lipinski definition) is 2. The van der Waals surface area contributed by atoms with Gasteiger partial charge in [0.15, 0.2) is 11.5 Å². The fourth-order valence-electron chi connectivity index (χ4n) is 2.74. The van der Waals surface area contributed by atoms with Gasteiger partial charge in [0.2, 0.25) is 0 Å². The van der Waals surface area contributed by atoms with Gasteiger partial charge in [-0.05, 0) is 36.8 Å². The number of benzene rings is 2. The number of rotatable bonds is 6. The molecule has 1 amide bonds. The van der Waals surface area contributed by atoms with Crippen LogP contribution in [0.4, 0.5) is 5.69 Å². The van der Waals surface area contributed by atoms with E-state index in [9.17, 15) is 4.79 Å². The molecular weight excluding hydrogens is 330 g/mol. The van der Waals surface area contributed by atoms with Crippen molar-refractivity contribution in [2.24, 2.45) is 0 Å². The number of H-pyrrole nitrogens is 1. The number of anilines is 1. The van der Waals surface area contributed by atoms with Gasteiger partial charge in [-0.25, -0.2) is 0 Å². The maximum atomic E-state index is 12.6. The van der Waals surface area contributed by atoms with Crippen LogP contribution in [0.3, 0.4) is 0 Å². The van der Waals surface area contributed by atoms with Gasteiger partial charge >= 0.3 is 0 Å². The van der Waals surface area contributed by atoms with Crippen molar-refractivity contribution >= 4 is 11.6 Å². The van der Waals surface area contributed by atoms with E-state index in [1.54, 1.807) is 26.4 Å². The van der Waals surface area contributed by atoms with Crippen molar-refractivity contribution in [3.05, 3.63) is 59.8 Å². The summed E-state index contributed by atoms with van der Waals surface area (Å²) in [6.45, 7) is 2.00. The molecule has 1 heterocycles. The molecule has 0 radical (unpaired) electrons.